The molecule has 7 nitrogen and oxygen atoms in total. The van der Waals surface area contributed by atoms with Crippen molar-refractivity contribution in [1.82, 2.24) is 4.31 Å². The van der Waals surface area contributed by atoms with Crippen molar-refractivity contribution < 1.29 is 17.9 Å². The number of hydrogen-bond donors (Lipinski definition) is 1. The summed E-state index contributed by atoms with van der Waals surface area (Å²) in [5.74, 6) is -0.452. The molecule has 1 amide bonds. The minimum atomic E-state index is -3.72. The molecule has 2 aliphatic rings. The Hall–Kier alpha value is -1.77. The fourth-order valence-electron chi connectivity index (χ4n) is 3.56. The number of nitriles is 1. The quantitative estimate of drug-likeness (QED) is 0.701. The van der Waals surface area contributed by atoms with Crippen LogP contribution >= 0.6 is 27.3 Å². The molecule has 0 bridgehead atoms. The van der Waals surface area contributed by atoms with Crippen LogP contribution in [0.1, 0.15) is 32.8 Å². The largest absolute Gasteiger partial charge is 0.379 e. The van der Waals surface area contributed by atoms with E-state index in [1.54, 1.807) is 6.07 Å². The maximum Gasteiger partial charge on any atom is 0.257 e. The van der Waals surface area contributed by atoms with E-state index in [0.29, 0.717) is 28.3 Å². The van der Waals surface area contributed by atoms with Crippen molar-refractivity contribution in [3.8, 4) is 6.07 Å². The van der Waals surface area contributed by atoms with Gasteiger partial charge in [0.1, 0.15) is 11.1 Å². The van der Waals surface area contributed by atoms with Crippen LogP contribution in [0.5, 0.6) is 0 Å². The van der Waals surface area contributed by atoms with Gasteiger partial charge in [-0.15, -0.1) is 11.3 Å². The molecule has 29 heavy (non-hydrogen) atoms. The summed E-state index contributed by atoms with van der Waals surface area (Å²) in [6.07, 6.45) is 2.79. The highest BCUT2D eigenvalue weighted by atomic mass is 79.9. The predicted octanol–water partition coefficient (Wildman–Crippen LogP) is 3.14. The normalized spacial score (nSPS) is 17.0. The Balaban J connectivity index is 1.63. The molecule has 1 aliphatic heterocycles. The number of anilines is 1. The summed E-state index contributed by atoms with van der Waals surface area (Å²) in [6, 6.07) is 6.60. The highest BCUT2D eigenvalue weighted by Crippen LogP contribution is 2.39. The van der Waals surface area contributed by atoms with E-state index in [2.05, 4.69) is 27.3 Å². The van der Waals surface area contributed by atoms with E-state index in [9.17, 15) is 18.5 Å². The molecule has 0 unspecified atom stereocenters. The second-order valence-electron chi connectivity index (χ2n) is 6.79. The highest BCUT2D eigenvalue weighted by molar-refractivity contribution is 9.10. The molecule has 1 aromatic carbocycles. The molecule has 10 heteroatoms. The molecule has 4 rings (SSSR count). The number of carbonyl (C=O) groups is 1. The Morgan fingerprint density at radius 2 is 2.03 bits per heavy atom. The van der Waals surface area contributed by atoms with Crippen LogP contribution < -0.4 is 5.32 Å². The number of hydrogen-bond acceptors (Lipinski definition) is 6. The van der Waals surface area contributed by atoms with E-state index >= 15 is 0 Å². The second kappa shape index (κ2) is 8.16. The van der Waals surface area contributed by atoms with E-state index in [1.165, 1.54) is 27.8 Å². The average molecular weight is 496 g/mol. The Labute approximate surface area is 181 Å². The minimum absolute atomic E-state index is 0.0573. The van der Waals surface area contributed by atoms with Crippen molar-refractivity contribution in [2.45, 2.75) is 24.2 Å². The second-order valence-corrected chi connectivity index (χ2v) is 10.7. The molecule has 2 heterocycles. The summed E-state index contributed by atoms with van der Waals surface area (Å²) >= 11 is 4.76. The Bertz CT molecular complexity index is 1120. The number of nitrogens with zero attached hydrogens (tertiary/aromatic N) is 2. The Morgan fingerprint density at radius 3 is 2.76 bits per heavy atom. The predicted molar refractivity (Wildman–Crippen MR) is 113 cm³/mol. The van der Waals surface area contributed by atoms with Gasteiger partial charge in [0.2, 0.25) is 10.0 Å². The van der Waals surface area contributed by atoms with Gasteiger partial charge in [0.15, 0.2) is 0 Å². The molecule has 0 spiro atoms. The third-order valence-electron chi connectivity index (χ3n) is 5.05. The first-order valence-electron chi connectivity index (χ1n) is 9.15. The van der Waals surface area contributed by atoms with Crippen LogP contribution in [0.15, 0.2) is 27.6 Å². The summed E-state index contributed by atoms with van der Waals surface area (Å²) < 4.78 is 32.9. The van der Waals surface area contributed by atoms with Gasteiger partial charge >= 0.3 is 0 Å². The van der Waals surface area contributed by atoms with Crippen molar-refractivity contribution in [3.63, 3.8) is 0 Å². The maximum atomic E-state index is 12.9. The Kier molecular flexibility index (Phi) is 5.77. The van der Waals surface area contributed by atoms with Gasteiger partial charge in [0, 0.05) is 22.4 Å². The van der Waals surface area contributed by atoms with Crippen molar-refractivity contribution in [3.05, 3.63) is 44.2 Å². The van der Waals surface area contributed by atoms with Crippen molar-refractivity contribution >= 4 is 48.2 Å². The first kappa shape index (κ1) is 20.5. The molecule has 2 aromatic rings. The van der Waals surface area contributed by atoms with E-state index in [0.717, 1.165) is 29.7 Å². The molecule has 1 fully saturated rings. The van der Waals surface area contributed by atoms with Gasteiger partial charge in [-0.05, 0) is 59.0 Å². The van der Waals surface area contributed by atoms with Crippen LogP contribution in [0.25, 0.3) is 0 Å². The van der Waals surface area contributed by atoms with Crippen LogP contribution in [0.4, 0.5) is 5.00 Å². The zero-order valence-corrected chi connectivity index (χ0v) is 18.6. The number of rotatable bonds is 4. The fraction of sp³-hybridized carbons (Fsp3) is 0.368. The summed E-state index contributed by atoms with van der Waals surface area (Å²) in [7, 11) is -3.72. The number of sulfonamides is 1. The van der Waals surface area contributed by atoms with Gasteiger partial charge in [-0.1, -0.05) is 0 Å². The number of nitrogens with one attached hydrogen (secondary N) is 1. The van der Waals surface area contributed by atoms with Gasteiger partial charge in [-0.25, -0.2) is 8.42 Å². The monoisotopic (exact) mass is 495 g/mol. The summed E-state index contributed by atoms with van der Waals surface area (Å²) in [4.78, 5) is 14.1. The van der Waals surface area contributed by atoms with Gasteiger partial charge in [0.25, 0.3) is 5.91 Å². The molecule has 0 atom stereocenters. The number of carbonyl (C=O) groups excluding carboxylic acids is 1. The summed E-state index contributed by atoms with van der Waals surface area (Å²) in [5.41, 5.74) is 1.75. The van der Waals surface area contributed by atoms with E-state index in [4.69, 9.17) is 4.74 Å². The third kappa shape index (κ3) is 3.85. The molecule has 152 valence electrons. The molecule has 1 N–H and O–H groups in total. The fourth-order valence-corrected chi connectivity index (χ4v) is 6.65. The van der Waals surface area contributed by atoms with Gasteiger partial charge < -0.3 is 10.1 Å². The van der Waals surface area contributed by atoms with Crippen LogP contribution in [0, 0.1) is 11.3 Å². The maximum absolute atomic E-state index is 12.9. The van der Waals surface area contributed by atoms with Crippen molar-refractivity contribution in [2.24, 2.45) is 0 Å². The first-order chi connectivity index (χ1) is 13.9. The molecule has 1 saturated heterocycles. The van der Waals surface area contributed by atoms with Crippen molar-refractivity contribution in [1.29, 1.82) is 5.26 Å². The standard InChI is InChI=1S/C19H18BrN3O4S2/c20-16-5-4-12(29(25,26)23-6-8-27-9-7-23)10-14(16)18(24)22-19-15(11-21)13-2-1-3-17(13)28-19/h4-5,10H,1-3,6-9H2,(H,22,24). The molecule has 1 aliphatic carbocycles. The average Bonchev–Trinajstić information content (AvgIpc) is 3.29. The lowest BCUT2D eigenvalue weighted by Gasteiger charge is -2.26. The number of amides is 1. The van der Waals surface area contributed by atoms with Crippen LogP contribution in [-0.2, 0) is 27.6 Å². The third-order valence-corrected chi connectivity index (χ3v) is 8.84. The van der Waals surface area contributed by atoms with Gasteiger partial charge in [-0.2, -0.15) is 9.57 Å². The first-order valence-corrected chi connectivity index (χ1v) is 12.2. The number of ether oxygens (including phenoxy) is 1. The topological polar surface area (TPSA) is 99.5 Å². The molecule has 1 aromatic heterocycles. The number of fused-ring (bicyclic) bond motifs is 1. The number of benzene rings is 1. The zero-order chi connectivity index (χ0) is 20.6. The summed E-state index contributed by atoms with van der Waals surface area (Å²) in [5, 5.41) is 12.8. The van der Waals surface area contributed by atoms with Gasteiger partial charge in [-0.3, -0.25) is 4.79 Å². The van der Waals surface area contributed by atoms with E-state index in [-0.39, 0.29) is 23.5 Å². The molecular weight excluding hydrogens is 478 g/mol. The molecule has 0 radical (unpaired) electrons. The lowest BCUT2D eigenvalue weighted by molar-refractivity contribution is 0.0730. The number of aryl methyl sites for hydroxylation is 1. The SMILES string of the molecule is N#Cc1c(NC(=O)c2cc(S(=O)(=O)N3CCOCC3)ccc2Br)sc2c1CCC2. The minimum Gasteiger partial charge on any atom is -0.379 e. The number of halogens is 1. The lowest BCUT2D eigenvalue weighted by Crippen LogP contribution is -2.40. The smallest absolute Gasteiger partial charge is 0.257 e. The number of morpholine rings is 1. The zero-order valence-electron chi connectivity index (χ0n) is 15.4. The van der Waals surface area contributed by atoms with Gasteiger partial charge in [0.05, 0.1) is 29.2 Å². The van der Waals surface area contributed by atoms with E-state index in [1.807, 2.05) is 0 Å². The van der Waals surface area contributed by atoms with Crippen LogP contribution in [0.2, 0.25) is 0 Å². The highest BCUT2D eigenvalue weighted by Gasteiger charge is 2.28. The van der Waals surface area contributed by atoms with Crippen LogP contribution in [-0.4, -0.2) is 44.9 Å². The summed E-state index contributed by atoms with van der Waals surface area (Å²) in [6.45, 7) is 1.27. The van der Waals surface area contributed by atoms with E-state index < -0.39 is 15.9 Å². The lowest BCUT2D eigenvalue weighted by atomic mass is 10.1. The molecular formula is C19H18BrN3O4S2. The van der Waals surface area contributed by atoms with Crippen LogP contribution in [0.3, 0.4) is 0 Å². The number of thiophene rings is 1. The van der Waals surface area contributed by atoms with Crippen molar-refractivity contribution in [2.75, 3.05) is 31.6 Å². The Morgan fingerprint density at radius 1 is 1.28 bits per heavy atom. The molecule has 0 saturated carbocycles.